The Morgan fingerprint density at radius 3 is 2.86 bits per heavy atom. The number of hydrogen-bond acceptors (Lipinski definition) is 3. The van der Waals surface area contributed by atoms with E-state index in [9.17, 15) is 9.59 Å². The highest BCUT2D eigenvalue weighted by Crippen LogP contribution is 2.12. The Morgan fingerprint density at radius 2 is 2.29 bits per heavy atom. The average Bonchev–Trinajstić information content (AvgIpc) is 2.01. The molecule has 0 aromatic carbocycles. The monoisotopic (exact) mass is 201 g/mol. The van der Waals surface area contributed by atoms with Crippen LogP contribution in [0, 0.1) is 0 Å². The first-order valence-electron chi connectivity index (χ1n) is 4.70. The average molecular weight is 201 g/mol. The normalized spacial score (nSPS) is 26.9. The molecule has 5 nitrogen and oxygen atoms in total. The van der Waals surface area contributed by atoms with Gasteiger partial charge in [0.15, 0.2) is 0 Å². The Labute approximate surface area is 82.4 Å². The van der Waals surface area contributed by atoms with Crippen molar-refractivity contribution < 1.29 is 19.4 Å². The zero-order valence-corrected chi connectivity index (χ0v) is 8.16. The number of carboxylic acids is 1. The van der Waals surface area contributed by atoms with Gasteiger partial charge in [0.25, 0.3) is 0 Å². The summed E-state index contributed by atoms with van der Waals surface area (Å²) in [6.45, 7) is 2.56. The van der Waals surface area contributed by atoms with Crippen LogP contribution in [-0.2, 0) is 14.3 Å². The minimum atomic E-state index is -1.09. The Morgan fingerprint density at radius 1 is 1.57 bits per heavy atom. The lowest BCUT2D eigenvalue weighted by Crippen LogP contribution is -2.41. The summed E-state index contributed by atoms with van der Waals surface area (Å²) in [6.07, 6.45) is 1.20. The summed E-state index contributed by atoms with van der Waals surface area (Å²) in [7, 11) is 0. The maximum absolute atomic E-state index is 11.1. The molecule has 0 spiro atoms. The Bertz CT molecular complexity index is 229. The number of aliphatic carboxylic acids is 1. The van der Waals surface area contributed by atoms with E-state index < -0.39 is 18.3 Å². The first-order valence-corrected chi connectivity index (χ1v) is 4.70. The van der Waals surface area contributed by atoms with Gasteiger partial charge in [0.2, 0.25) is 5.91 Å². The fraction of sp³-hybridized carbons (Fsp3) is 0.778. The summed E-state index contributed by atoms with van der Waals surface area (Å²) in [5.74, 6) is -1.51. The lowest BCUT2D eigenvalue weighted by Gasteiger charge is -2.27. The summed E-state index contributed by atoms with van der Waals surface area (Å²) >= 11 is 0. The van der Waals surface area contributed by atoms with Crippen LogP contribution in [0.25, 0.3) is 0 Å². The third-order valence-electron chi connectivity index (χ3n) is 2.16. The van der Waals surface area contributed by atoms with Gasteiger partial charge in [-0.3, -0.25) is 9.59 Å². The molecule has 14 heavy (non-hydrogen) atoms. The standard InChI is InChI=1S/C9H15NO4/c1-6-4-7(2-3-14-6)10-8(11)5-9(12)13/h6-7H,2-5H2,1H3,(H,10,11)(H,12,13). The summed E-state index contributed by atoms with van der Waals surface area (Å²) in [6, 6.07) is 0.0607. The third-order valence-corrected chi connectivity index (χ3v) is 2.16. The minimum Gasteiger partial charge on any atom is -0.481 e. The Hall–Kier alpha value is -1.10. The maximum Gasteiger partial charge on any atom is 0.312 e. The van der Waals surface area contributed by atoms with Crippen molar-refractivity contribution in [2.24, 2.45) is 0 Å². The molecule has 0 aliphatic carbocycles. The van der Waals surface area contributed by atoms with Crippen LogP contribution >= 0.6 is 0 Å². The van der Waals surface area contributed by atoms with Crippen LogP contribution in [0.3, 0.4) is 0 Å². The molecule has 1 amide bonds. The minimum absolute atomic E-state index is 0.0607. The first-order chi connectivity index (χ1) is 6.58. The zero-order chi connectivity index (χ0) is 10.6. The number of carbonyl (C=O) groups excluding carboxylic acids is 1. The van der Waals surface area contributed by atoms with Gasteiger partial charge in [0.05, 0.1) is 6.10 Å². The van der Waals surface area contributed by atoms with Gasteiger partial charge in [-0.1, -0.05) is 0 Å². The fourth-order valence-corrected chi connectivity index (χ4v) is 1.55. The van der Waals surface area contributed by atoms with Crippen LogP contribution < -0.4 is 5.32 Å². The largest absolute Gasteiger partial charge is 0.481 e. The molecule has 2 N–H and O–H groups in total. The van der Waals surface area contributed by atoms with E-state index >= 15 is 0 Å². The van der Waals surface area contributed by atoms with Crippen LogP contribution in [0.5, 0.6) is 0 Å². The molecule has 0 aromatic heterocycles. The molecule has 2 unspecified atom stereocenters. The van der Waals surface area contributed by atoms with Gasteiger partial charge < -0.3 is 15.2 Å². The number of rotatable bonds is 3. The van der Waals surface area contributed by atoms with Crippen molar-refractivity contribution in [2.75, 3.05) is 6.61 Å². The topological polar surface area (TPSA) is 75.6 Å². The van der Waals surface area contributed by atoms with E-state index in [-0.39, 0.29) is 12.1 Å². The summed E-state index contributed by atoms with van der Waals surface area (Å²) in [4.78, 5) is 21.3. The second-order valence-corrected chi connectivity index (χ2v) is 3.54. The molecule has 1 heterocycles. The molecule has 80 valence electrons. The van der Waals surface area contributed by atoms with Crippen LogP contribution in [0.4, 0.5) is 0 Å². The van der Waals surface area contributed by atoms with Gasteiger partial charge >= 0.3 is 5.97 Å². The van der Waals surface area contributed by atoms with Crippen molar-refractivity contribution in [3.05, 3.63) is 0 Å². The number of amides is 1. The predicted octanol–water partition coefficient (Wildman–Crippen LogP) is 0.145. The smallest absolute Gasteiger partial charge is 0.312 e. The van der Waals surface area contributed by atoms with Crippen molar-refractivity contribution in [1.82, 2.24) is 5.32 Å². The molecule has 0 bridgehead atoms. The van der Waals surface area contributed by atoms with Crippen molar-refractivity contribution in [3.8, 4) is 0 Å². The Kier molecular flexibility index (Phi) is 3.88. The molecule has 1 saturated heterocycles. The fourth-order valence-electron chi connectivity index (χ4n) is 1.55. The number of carboxylic acid groups (broad SMARTS) is 1. The van der Waals surface area contributed by atoms with Crippen molar-refractivity contribution >= 4 is 11.9 Å². The molecule has 1 aliphatic rings. The number of ether oxygens (including phenoxy) is 1. The SMILES string of the molecule is CC1CC(NC(=O)CC(=O)O)CCO1. The van der Waals surface area contributed by atoms with Crippen LogP contribution in [-0.4, -0.2) is 35.7 Å². The molecule has 1 fully saturated rings. The highest BCUT2D eigenvalue weighted by atomic mass is 16.5. The summed E-state index contributed by atoms with van der Waals surface area (Å²) in [5, 5.41) is 11.1. The van der Waals surface area contributed by atoms with E-state index in [1.807, 2.05) is 6.92 Å². The predicted molar refractivity (Wildman–Crippen MR) is 48.8 cm³/mol. The molecule has 2 atom stereocenters. The van der Waals surface area contributed by atoms with Crippen LogP contribution in [0.2, 0.25) is 0 Å². The van der Waals surface area contributed by atoms with Crippen molar-refractivity contribution in [2.45, 2.75) is 38.3 Å². The lowest BCUT2D eigenvalue weighted by atomic mass is 10.0. The molecular formula is C9H15NO4. The second-order valence-electron chi connectivity index (χ2n) is 3.54. The summed E-state index contributed by atoms with van der Waals surface area (Å²) < 4.78 is 5.30. The summed E-state index contributed by atoms with van der Waals surface area (Å²) in [5.41, 5.74) is 0. The van der Waals surface area contributed by atoms with E-state index in [1.54, 1.807) is 0 Å². The van der Waals surface area contributed by atoms with Gasteiger partial charge in [-0.15, -0.1) is 0 Å². The molecule has 0 saturated carbocycles. The molecule has 1 aliphatic heterocycles. The number of carbonyl (C=O) groups is 2. The highest BCUT2D eigenvalue weighted by molar-refractivity contribution is 5.93. The number of nitrogens with one attached hydrogen (secondary N) is 1. The van der Waals surface area contributed by atoms with Gasteiger partial charge in [-0.05, 0) is 19.8 Å². The van der Waals surface area contributed by atoms with E-state index in [1.165, 1.54) is 0 Å². The quantitative estimate of drug-likeness (QED) is 0.637. The van der Waals surface area contributed by atoms with Crippen molar-refractivity contribution in [1.29, 1.82) is 0 Å². The first kappa shape index (κ1) is 11.0. The van der Waals surface area contributed by atoms with Gasteiger partial charge in [0, 0.05) is 12.6 Å². The second kappa shape index (κ2) is 4.95. The van der Waals surface area contributed by atoms with Crippen molar-refractivity contribution in [3.63, 3.8) is 0 Å². The van der Waals surface area contributed by atoms with Gasteiger partial charge in [-0.25, -0.2) is 0 Å². The number of hydrogen-bond donors (Lipinski definition) is 2. The van der Waals surface area contributed by atoms with Gasteiger partial charge in [-0.2, -0.15) is 0 Å². The lowest BCUT2D eigenvalue weighted by molar-refractivity contribution is -0.141. The van der Waals surface area contributed by atoms with E-state index in [0.717, 1.165) is 12.8 Å². The Balaban J connectivity index is 2.28. The molecular weight excluding hydrogens is 186 g/mol. The van der Waals surface area contributed by atoms with E-state index in [2.05, 4.69) is 5.32 Å². The maximum atomic E-state index is 11.1. The van der Waals surface area contributed by atoms with Crippen LogP contribution in [0.15, 0.2) is 0 Å². The molecule has 5 heteroatoms. The van der Waals surface area contributed by atoms with E-state index in [0.29, 0.717) is 6.61 Å². The van der Waals surface area contributed by atoms with Gasteiger partial charge in [0.1, 0.15) is 6.42 Å². The highest BCUT2D eigenvalue weighted by Gasteiger charge is 2.21. The molecule has 1 rings (SSSR count). The molecule has 0 aromatic rings. The molecule has 0 radical (unpaired) electrons. The zero-order valence-electron chi connectivity index (χ0n) is 8.16. The van der Waals surface area contributed by atoms with E-state index in [4.69, 9.17) is 9.84 Å². The third kappa shape index (κ3) is 3.74. The van der Waals surface area contributed by atoms with Crippen LogP contribution in [0.1, 0.15) is 26.2 Å².